The molecule has 1 amide bonds. The molecule has 1 N–H and O–H groups in total. The van der Waals surface area contributed by atoms with Gasteiger partial charge < -0.3 is 5.32 Å². The van der Waals surface area contributed by atoms with Crippen LogP contribution in [0.1, 0.15) is 31.7 Å². The first kappa shape index (κ1) is 19.8. The Kier molecular flexibility index (Phi) is 6.88. The van der Waals surface area contributed by atoms with E-state index in [-0.39, 0.29) is 21.9 Å². The number of hydrogen-bond donors (Lipinski definition) is 1. The lowest BCUT2D eigenvalue weighted by atomic mass is 10.2. The summed E-state index contributed by atoms with van der Waals surface area (Å²) in [6, 6.07) is 6.92. The van der Waals surface area contributed by atoms with Crippen molar-refractivity contribution in [2.75, 3.05) is 12.4 Å². The molecule has 7 nitrogen and oxygen atoms in total. The number of unbranched alkanes of at least 4 members (excludes halogenated alkanes) is 1. The summed E-state index contributed by atoms with van der Waals surface area (Å²) in [7, 11) is -2.32. The molecule has 0 atom stereocenters. The molecule has 0 aliphatic heterocycles. The van der Waals surface area contributed by atoms with Gasteiger partial charge in [0.2, 0.25) is 15.4 Å². The molecule has 25 heavy (non-hydrogen) atoms. The smallest absolute Gasteiger partial charge is 0.272 e. The number of sulfonamides is 1. The minimum Gasteiger partial charge on any atom is -0.301 e. The number of rotatable bonds is 8. The summed E-state index contributed by atoms with van der Waals surface area (Å²) in [4.78, 5) is 11.7. The highest BCUT2D eigenvalue weighted by atomic mass is 35.5. The highest BCUT2D eigenvalue weighted by molar-refractivity contribution is 7.91. The molecular formula is C15H19ClN4O3S2. The molecule has 0 aliphatic carbocycles. The average molecular weight is 403 g/mol. The van der Waals surface area contributed by atoms with Crippen molar-refractivity contribution in [1.29, 1.82) is 0 Å². The molecule has 0 bridgehead atoms. The van der Waals surface area contributed by atoms with E-state index in [0.29, 0.717) is 11.4 Å². The van der Waals surface area contributed by atoms with Crippen molar-refractivity contribution in [2.45, 2.75) is 37.1 Å². The van der Waals surface area contributed by atoms with Gasteiger partial charge in [-0.1, -0.05) is 48.4 Å². The lowest BCUT2D eigenvalue weighted by Gasteiger charge is -2.14. The molecule has 2 aromatic rings. The number of nitrogens with one attached hydrogen (secondary N) is 1. The van der Waals surface area contributed by atoms with Crippen LogP contribution >= 0.6 is 22.9 Å². The minimum absolute atomic E-state index is 0.158. The summed E-state index contributed by atoms with van der Waals surface area (Å²) in [6.45, 7) is 2.16. The van der Waals surface area contributed by atoms with Crippen molar-refractivity contribution < 1.29 is 13.2 Å². The maximum atomic E-state index is 12.6. The van der Waals surface area contributed by atoms with Gasteiger partial charge in [-0.05, 0) is 24.1 Å². The van der Waals surface area contributed by atoms with Gasteiger partial charge in [0.15, 0.2) is 0 Å². The van der Waals surface area contributed by atoms with Gasteiger partial charge in [-0.3, -0.25) is 4.79 Å². The van der Waals surface area contributed by atoms with Crippen LogP contribution in [0, 0.1) is 0 Å². The van der Waals surface area contributed by atoms with E-state index in [2.05, 4.69) is 15.5 Å². The maximum absolute atomic E-state index is 12.6. The van der Waals surface area contributed by atoms with E-state index in [1.165, 1.54) is 11.4 Å². The number of amides is 1. The Morgan fingerprint density at radius 3 is 2.60 bits per heavy atom. The normalized spacial score (nSPS) is 11.7. The molecular weight excluding hydrogens is 384 g/mol. The number of aromatic nitrogens is 2. The highest BCUT2D eigenvalue weighted by Crippen LogP contribution is 2.24. The third-order valence-electron chi connectivity index (χ3n) is 3.36. The molecule has 0 fully saturated rings. The van der Waals surface area contributed by atoms with Crippen LogP contribution < -0.4 is 5.32 Å². The summed E-state index contributed by atoms with van der Waals surface area (Å²) < 4.78 is 26.2. The monoisotopic (exact) mass is 402 g/mol. The molecule has 10 heteroatoms. The standard InChI is InChI=1S/C15H19ClN4O3S2/c1-3-4-5-13(21)17-14-18-19-15(24-14)25(22,23)20(2)10-11-6-8-12(16)9-7-11/h6-9H,3-5,10H2,1-2H3,(H,17,18,21). The average Bonchev–Trinajstić information content (AvgIpc) is 3.04. The Bertz CT molecular complexity index is 822. The van der Waals surface area contributed by atoms with Crippen molar-refractivity contribution in [3.63, 3.8) is 0 Å². The van der Waals surface area contributed by atoms with Crippen molar-refractivity contribution >= 4 is 44.0 Å². The Morgan fingerprint density at radius 2 is 1.96 bits per heavy atom. The van der Waals surface area contributed by atoms with E-state index in [9.17, 15) is 13.2 Å². The van der Waals surface area contributed by atoms with Gasteiger partial charge in [0.05, 0.1) is 0 Å². The van der Waals surface area contributed by atoms with Crippen molar-refractivity contribution in [3.8, 4) is 0 Å². The third-order valence-corrected chi connectivity index (χ3v) is 6.60. The van der Waals surface area contributed by atoms with Crippen molar-refractivity contribution in [1.82, 2.24) is 14.5 Å². The number of benzene rings is 1. The largest absolute Gasteiger partial charge is 0.301 e. The van der Waals surface area contributed by atoms with Crippen LogP contribution in [0.5, 0.6) is 0 Å². The summed E-state index contributed by atoms with van der Waals surface area (Å²) >= 11 is 6.67. The van der Waals surface area contributed by atoms with Gasteiger partial charge in [0, 0.05) is 25.0 Å². The predicted molar refractivity (Wildman–Crippen MR) is 98.2 cm³/mol. The van der Waals surface area contributed by atoms with Crippen LogP contribution in [0.2, 0.25) is 5.02 Å². The number of hydrogen-bond acceptors (Lipinski definition) is 6. The molecule has 0 saturated carbocycles. The van der Waals surface area contributed by atoms with Crippen LogP contribution in [0.15, 0.2) is 28.6 Å². The topological polar surface area (TPSA) is 92.3 Å². The van der Waals surface area contributed by atoms with Crippen LogP contribution in [0.3, 0.4) is 0 Å². The van der Waals surface area contributed by atoms with E-state index in [1.807, 2.05) is 6.92 Å². The van der Waals surface area contributed by atoms with E-state index >= 15 is 0 Å². The molecule has 0 spiro atoms. The predicted octanol–water partition coefficient (Wildman–Crippen LogP) is 3.14. The second kappa shape index (κ2) is 8.70. The zero-order valence-electron chi connectivity index (χ0n) is 13.9. The Hall–Kier alpha value is -1.55. The van der Waals surface area contributed by atoms with E-state index < -0.39 is 10.0 Å². The first-order chi connectivity index (χ1) is 11.8. The first-order valence-electron chi connectivity index (χ1n) is 7.67. The van der Waals surface area contributed by atoms with Crippen LogP contribution in [0.25, 0.3) is 0 Å². The Labute approximate surface area is 156 Å². The fourth-order valence-corrected chi connectivity index (χ4v) is 4.34. The van der Waals surface area contributed by atoms with E-state index in [4.69, 9.17) is 11.6 Å². The van der Waals surface area contributed by atoms with E-state index in [0.717, 1.165) is 29.7 Å². The summed E-state index contributed by atoms with van der Waals surface area (Å²) in [5.41, 5.74) is 0.799. The van der Waals surface area contributed by atoms with Crippen LogP contribution in [-0.4, -0.2) is 35.9 Å². The zero-order valence-corrected chi connectivity index (χ0v) is 16.3. The first-order valence-corrected chi connectivity index (χ1v) is 10.3. The van der Waals surface area contributed by atoms with Crippen LogP contribution in [0.4, 0.5) is 5.13 Å². The zero-order chi connectivity index (χ0) is 18.4. The van der Waals surface area contributed by atoms with Gasteiger partial charge in [0.1, 0.15) is 0 Å². The second-order valence-electron chi connectivity index (χ2n) is 5.41. The number of nitrogens with zero attached hydrogens (tertiary/aromatic N) is 3. The number of halogens is 1. The Morgan fingerprint density at radius 1 is 1.28 bits per heavy atom. The number of carbonyl (C=O) groups is 1. The van der Waals surface area contributed by atoms with Gasteiger partial charge >= 0.3 is 0 Å². The quantitative estimate of drug-likeness (QED) is 0.684. The van der Waals surface area contributed by atoms with E-state index in [1.54, 1.807) is 24.3 Å². The lowest BCUT2D eigenvalue weighted by Crippen LogP contribution is -2.26. The van der Waals surface area contributed by atoms with Crippen molar-refractivity contribution in [3.05, 3.63) is 34.9 Å². The SMILES string of the molecule is CCCCC(=O)Nc1nnc(S(=O)(=O)N(C)Cc2ccc(Cl)cc2)s1. The van der Waals surface area contributed by atoms with Crippen LogP contribution in [-0.2, 0) is 21.4 Å². The minimum atomic E-state index is -3.79. The maximum Gasteiger partial charge on any atom is 0.272 e. The molecule has 136 valence electrons. The number of carbonyl (C=O) groups excluding carboxylic acids is 1. The Balaban J connectivity index is 2.06. The molecule has 0 aliphatic rings. The molecule has 1 aromatic heterocycles. The number of anilines is 1. The van der Waals surface area contributed by atoms with Gasteiger partial charge in [-0.2, -0.15) is 4.31 Å². The highest BCUT2D eigenvalue weighted by Gasteiger charge is 2.26. The summed E-state index contributed by atoms with van der Waals surface area (Å²) in [5.74, 6) is -0.198. The lowest BCUT2D eigenvalue weighted by molar-refractivity contribution is -0.116. The fraction of sp³-hybridized carbons (Fsp3) is 0.400. The molecule has 2 rings (SSSR count). The molecule has 1 aromatic carbocycles. The van der Waals surface area contributed by atoms with Gasteiger partial charge in [-0.15, -0.1) is 10.2 Å². The van der Waals surface area contributed by atoms with Crippen molar-refractivity contribution in [2.24, 2.45) is 0 Å². The fourth-order valence-electron chi connectivity index (χ4n) is 1.95. The van der Waals surface area contributed by atoms with Gasteiger partial charge in [0.25, 0.3) is 10.0 Å². The summed E-state index contributed by atoms with van der Waals surface area (Å²) in [6.07, 6.45) is 2.03. The van der Waals surface area contributed by atoms with Gasteiger partial charge in [-0.25, -0.2) is 8.42 Å². The molecule has 0 saturated heterocycles. The summed E-state index contributed by atoms with van der Waals surface area (Å²) in [5, 5.41) is 10.8. The third kappa shape index (κ3) is 5.46. The molecule has 0 radical (unpaired) electrons. The molecule has 0 unspecified atom stereocenters. The second-order valence-corrected chi connectivity index (χ2v) is 9.04. The molecule has 1 heterocycles.